The molecule has 1 heterocycles. The molecule has 0 aromatic heterocycles. The molecule has 3 rings (SSSR count). The van der Waals surface area contributed by atoms with E-state index in [1.54, 1.807) is 5.01 Å². The van der Waals surface area contributed by atoms with Gasteiger partial charge in [0.1, 0.15) is 6.61 Å². The molecular formula is C16H21N3O3. The van der Waals surface area contributed by atoms with Crippen molar-refractivity contribution in [1.82, 2.24) is 10.3 Å². The van der Waals surface area contributed by atoms with Crippen LogP contribution in [0.4, 0.5) is 4.79 Å². The molecule has 2 aliphatic rings. The molecule has 1 aliphatic carbocycles. The second kappa shape index (κ2) is 6.34. The van der Waals surface area contributed by atoms with Gasteiger partial charge < -0.3 is 10.1 Å². The minimum atomic E-state index is -0.351. The standard InChI is InChI=1S/C16H21N3O3/c20-15(22-12-13-4-2-1-3-5-13)17-14-10-16(11-14)6-8-19(18-21)9-7-16/h1-5,14H,6-12H2,(H,17,20). The number of amides is 1. The Bertz CT molecular complexity index is 519. The van der Waals surface area contributed by atoms with Gasteiger partial charge in [-0.1, -0.05) is 30.3 Å². The van der Waals surface area contributed by atoms with Crippen LogP contribution in [-0.4, -0.2) is 30.2 Å². The molecule has 1 saturated carbocycles. The van der Waals surface area contributed by atoms with E-state index in [0.717, 1.165) is 44.3 Å². The average molecular weight is 303 g/mol. The molecular weight excluding hydrogens is 282 g/mol. The highest BCUT2D eigenvalue weighted by Gasteiger charge is 2.46. The summed E-state index contributed by atoms with van der Waals surface area (Å²) < 4.78 is 5.23. The zero-order valence-corrected chi connectivity index (χ0v) is 12.5. The van der Waals surface area contributed by atoms with Crippen LogP contribution in [0.1, 0.15) is 31.2 Å². The number of nitrogens with one attached hydrogen (secondary N) is 1. The lowest BCUT2D eigenvalue weighted by Gasteiger charge is -2.51. The van der Waals surface area contributed by atoms with Crippen LogP contribution in [-0.2, 0) is 11.3 Å². The maximum Gasteiger partial charge on any atom is 0.407 e. The number of ether oxygens (including phenoxy) is 1. The number of hydrogen-bond acceptors (Lipinski definition) is 4. The van der Waals surface area contributed by atoms with Gasteiger partial charge >= 0.3 is 6.09 Å². The Hall–Kier alpha value is -2.11. The summed E-state index contributed by atoms with van der Waals surface area (Å²) in [5, 5.41) is 7.49. The summed E-state index contributed by atoms with van der Waals surface area (Å²) in [6.07, 6.45) is 3.56. The summed E-state index contributed by atoms with van der Waals surface area (Å²) in [6.45, 7) is 1.76. The number of nitroso groups, excluding NO2 is 1. The SMILES string of the molecule is O=NN1CCC2(CC1)CC(NC(=O)OCc1ccccc1)C2. The van der Waals surface area contributed by atoms with Crippen LogP contribution in [0.15, 0.2) is 35.6 Å². The summed E-state index contributed by atoms with van der Waals surface area (Å²) in [4.78, 5) is 22.3. The topological polar surface area (TPSA) is 71.0 Å². The van der Waals surface area contributed by atoms with Gasteiger partial charge in [-0.05, 0) is 36.7 Å². The van der Waals surface area contributed by atoms with Crippen LogP contribution in [0.2, 0.25) is 0 Å². The predicted octanol–water partition coefficient (Wildman–Crippen LogP) is 2.84. The monoisotopic (exact) mass is 303 g/mol. The fourth-order valence-electron chi connectivity index (χ4n) is 3.48. The molecule has 0 unspecified atom stereocenters. The molecule has 118 valence electrons. The third-order valence-electron chi connectivity index (χ3n) is 4.81. The van der Waals surface area contributed by atoms with E-state index >= 15 is 0 Å². The number of hydrogen-bond donors (Lipinski definition) is 1. The van der Waals surface area contributed by atoms with Crippen molar-refractivity contribution in [1.29, 1.82) is 0 Å². The summed E-state index contributed by atoms with van der Waals surface area (Å²) in [6, 6.07) is 9.84. The van der Waals surface area contributed by atoms with Crippen LogP contribution in [0.3, 0.4) is 0 Å². The Kier molecular flexibility index (Phi) is 4.27. The van der Waals surface area contributed by atoms with Crippen molar-refractivity contribution in [2.45, 2.75) is 38.3 Å². The summed E-state index contributed by atoms with van der Waals surface area (Å²) in [5.41, 5.74) is 1.27. The first-order valence-corrected chi connectivity index (χ1v) is 7.75. The lowest BCUT2D eigenvalue weighted by Crippen LogP contribution is -2.54. The first kappa shape index (κ1) is 14.8. The van der Waals surface area contributed by atoms with Crippen molar-refractivity contribution in [3.8, 4) is 0 Å². The number of nitrogens with zero attached hydrogens (tertiary/aromatic N) is 2. The van der Waals surface area contributed by atoms with Gasteiger partial charge in [0.2, 0.25) is 0 Å². The highest BCUT2D eigenvalue weighted by atomic mass is 16.5. The van der Waals surface area contributed by atoms with Gasteiger partial charge in [-0.25, -0.2) is 4.79 Å². The van der Waals surface area contributed by atoms with Gasteiger partial charge in [0.15, 0.2) is 0 Å². The fourth-order valence-corrected chi connectivity index (χ4v) is 3.48. The number of carbonyl (C=O) groups is 1. The van der Waals surface area contributed by atoms with E-state index in [0.29, 0.717) is 12.0 Å². The normalized spacial score (nSPS) is 20.3. The number of rotatable bonds is 4. The Balaban J connectivity index is 1.37. The molecule has 1 spiro atoms. The predicted molar refractivity (Wildman–Crippen MR) is 81.8 cm³/mol. The van der Waals surface area contributed by atoms with Crippen LogP contribution >= 0.6 is 0 Å². The summed E-state index contributed by atoms with van der Waals surface area (Å²) in [7, 11) is 0. The van der Waals surface area contributed by atoms with E-state index in [-0.39, 0.29) is 12.1 Å². The van der Waals surface area contributed by atoms with E-state index in [4.69, 9.17) is 4.74 Å². The van der Waals surface area contributed by atoms with E-state index in [1.165, 1.54) is 0 Å². The van der Waals surface area contributed by atoms with Gasteiger partial charge in [-0.3, -0.25) is 5.01 Å². The Labute approximate surface area is 129 Å². The zero-order chi connectivity index (χ0) is 15.4. The first-order chi connectivity index (χ1) is 10.7. The molecule has 1 saturated heterocycles. The lowest BCUT2D eigenvalue weighted by atomic mass is 9.60. The van der Waals surface area contributed by atoms with E-state index in [2.05, 4.69) is 10.6 Å². The van der Waals surface area contributed by atoms with Crippen LogP contribution in [0, 0.1) is 10.3 Å². The van der Waals surface area contributed by atoms with Crippen molar-refractivity contribution >= 4 is 6.09 Å². The largest absolute Gasteiger partial charge is 0.445 e. The second-order valence-corrected chi connectivity index (χ2v) is 6.35. The summed E-state index contributed by atoms with van der Waals surface area (Å²) in [5.74, 6) is 0. The molecule has 0 atom stereocenters. The number of piperidine rings is 1. The number of benzene rings is 1. The number of alkyl carbamates (subject to hydrolysis) is 1. The molecule has 6 heteroatoms. The molecule has 0 bridgehead atoms. The van der Waals surface area contributed by atoms with Crippen molar-refractivity contribution in [3.05, 3.63) is 40.8 Å². The zero-order valence-electron chi connectivity index (χ0n) is 12.5. The second-order valence-electron chi connectivity index (χ2n) is 6.35. The molecule has 1 aliphatic heterocycles. The van der Waals surface area contributed by atoms with Crippen molar-refractivity contribution in [2.24, 2.45) is 10.7 Å². The molecule has 22 heavy (non-hydrogen) atoms. The number of carbonyl (C=O) groups excluding carboxylic acids is 1. The Morgan fingerprint density at radius 2 is 1.95 bits per heavy atom. The fraction of sp³-hybridized carbons (Fsp3) is 0.562. The minimum Gasteiger partial charge on any atom is -0.445 e. The Morgan fingerprint density at radius 3 is 2.59 bits per heavy atom. The quantitative estimate of drug-likeness (QED) is 0.868. The van der Waals surface area contributed by atoms with Crippen molar-refractivity contribution < 1.29 is 9.53 Å². The average Bonchev–Trinajstić information content (AvgIpc) is 2.53. The smallest absolute Gasteiger partial charge is 0.407 e. The summed E-state index contributed by atoms with van der Waals surface area (Å²) >= 11 is 0. The van der Waals surface area contributed by atoms with E-state index in [9.17, 15) is 9.70 Å². The van der Waals surface area contributed by atoms with Crippen LogP contribution in [0.25, 0.3) is 0 Å². The van der Waals surface area contributed by atoms with E-state index < -0.39 is 0 Å². The van der Waals surface area contributed by atoms with Crippen molar-refractivity contribution in [2.75, 3.05) is 13.1 Å². The maximum atomic E-state index is 11.8. The van der Waals surface area contributed by atoms with Crippen molar-refractivity contribution in [3.63, 3.8) is 0 Å². The Morgan fingerprint density at radius 1 is 1.27 bits per heavy atom. The van der Waals surface area contributed by atoms with Crippen LogP contribution < -0.4 is 5.32 Å². The molecule has 2 fully saturated rings. The first-order valence-electron chi connectivity index (χ1n) is 7.75. The van der Waals surface area contributed by atoms with Gasteiger partial charge in [0, 0.05) is 19.1 Å². The molecule has 1 aromatic rings. The molecule has 6 nitrogen and oxygen atoms in total. The molecule has 0 radical (unpaired) electrons. The van der Waals surface area contributed by atoms with Gasteiger partial charge in [0.25, 0.3) is 0 Å². The lowest BCUT2D eigenvalue weighted by molar-refractivity contribution is 0.00536. The van der Waals surface area contributed by atoms with Gasteiger partial charge in [-0.15, -0.1) is 4.91 Å². The van der Waals surface area contributed by atoms with Crippen LogP contribution in [0.5, 0.6) is 0 Å². The highest BCUT2D eigenvalue weighted by molar-refractivity contribution is 5.67. The maximum absolute atomic E-state index is 11.8. The van der Waals surface area contributed by atoms with Gasteiger partial charge in [-0.2, -0.15) is 0 Å². The molecule has 1 amide bonds. The van der Waals surface area contributed by atoms with E-state index in [1.807, 2.05) is 30.3 Å². The minimum absolute atomic E-state index is 0.194. The van der Waals surface area contributed by atoms with Gasteiger partial charge in [0.05, 0.1) is 5.29 Å². The molecule has 1 N–H and O–H groups in total. The highest BCUT2D eigenvalue weighted by Crippen LogP contribution is 2.49. The third kappa shape index (κ3) is 3.37. The molecule has 1 aromatic carbocycles. The third-order valence-corrected chi connectivity index (χ3v) is 4.81.